The van der Waals surface area contributed by atoms with Gasteiger partial charge in [-0.05, 0) is 26.0 Å². The lowest BCUT2D eigenvalue weighted by atomic mass is 10.0. The molecule has 1 unspecified atom stereocenters. The zero-order valence-corrected chi connectivity index (χ0v) is 11.7. The molecule has 3 rings (SSSR count). The maximum Gasteiger partial charge on any atom is 0.177 e. The van der Waals surface area contributed by atoms with Crippen LogP contribution < -0.4 is 10.5 Å². The molecule has 3 N–H and O–H groups in total. The van der Waals surface area contributed by atoms with Gasteiger partial charge in [0.15, 0.2) is 11.3 Å². The number of aryl methyl sites for hydroxylation is 2. The highest BCUT2D eigenvalue weighted by Crippen LogP contribution is 2.43. The molecule has 0 aliphatic heterocycles. The van der Waals surface area contributed by atoms with E-state index in [-0.39, 0.29) is 6.54 Å². The molecular weight excluding hydrogens is 258 g/mol. The Bertz CT molecular complexity index is 726. The van der Waals surface area contributed by atoms with E-state index in [9.17, 15) is 5.11 Å². The van der Waals surface area contributed by atoms with Gasteiger partial charge in [-0.25, -0.2) is 0 Å². The minimum Gasteiger partial charge on any atom is -0.492 e. The van der Waals surface area contributed by atoms with Crippen molar-refractivity contribution in [2.45, 2.75) is 20.0 Å². The maximum absolute atomic E-state index is 10.2. The van der Waals surface area contributed by atoms with E-state index >= 15 is 0 Å². The van der Waals surface area contributed by atoms with Crippen LogP contribution in [0.1, 0.15) is 23.2 Å². The van der Waals surface area contributed by atoms with Crippen LogP contribution in [0.25, 0.3) is 21.9 Å². The third-order valence-corrected chi connectivity index (χ3v) is 3.46. The van der Waals surface area contributed by atoms with Crippen molar-refractivity contribution in [1.82, 2.24) is 0 Å². The number of nitrogens with two attached hydrogens (primary N) is 1. The van der Waals surface area contributed by atoms with Crippen LogP contribution in [0.2, 0.25) is 0 Å². The van der Waals surface area contributed by atoms with Crippen molar-refractivity contribution in [3.05, 3.63) is 29.2 Å². The van der Waals surface area contributed by atoms with Crippen LogP contribution in [0.15, 0.2) is 21.0 Å². The molecule has 2 heterocycles. The smallest absolute Gasteiger partial charge is 0.177 e. The van der Waals surface area contributed by atoms with Gasteiger partial charge in [0.25, 0.3) is 0 Å². The van der Waals surface area contributed by atoms with E-state index in [1.807, 2.05) is 26.0 Å². The van der Waals surface area contributed by atoms with Gasteiger partial charge in [0.05, 0.1) is 18.6 Å². The van der Waals surface area contributed by atoms with Gasteiger partial charge in [-0.1, -0.05) is 0 Å². The standard InChI is InChI=1S/C15H17NO4/c1-7-4-9-12(11(17)6-16)13-10(5-8(2)19-13)14(18-3)15(9)20-7/h4-5,11,17H,6,16H2,1-3H3. The Hall–Kier alpha value is -1.98. The second-order valence-electron chi connectivity index (χ2n) is 4.90. The predicted molar refractivity (Wildman–Crippen MR) is 76.0 cm³/mol. The summed E-state index contributed by atoms with van der Waals surface area (Å²) in [7, 11) is 1.59. The van der Waals surface area contributed by atoms with Crippen LogP contribution in [-0.4, -0.2) is 18.8 Å². The third kappa shape index (κ3) is 1.71. The van der Waals surface area contributed by atoms with E-state index in [4.69, 9.17) is 19.3 Å². The largest absolute Gasteiger partial charge is 0.492 e. The molecule has 1 atom stereocenters. The quantitative estimate of drug-likeness (QED) is 0.768. The fraction of sp³-hybridized carbons (Fsp3) is 0.333. The molecule has 0 bridgehead atoms. The molecule has 106 valence electrons. The molecule has 20 heavy (non-hydrogen) atoms. The van der Waals surface area contributed by atoms with Crippen LogP contribution >= 0.6 is 0 Å². The van der Waals surface area contributed by atoms with Crippen molar-refractivity contribution < 1.29 is 18.7 Å². The number of methoxy groups -OCH3 is 1. The van der Waals surface area contributed by atoms with Crippen LogP contribution in [0, 0.1) is 13.8 Å². The minimum atomic E-state index is -0.812. The van der Waals surface area contributed by atoms with E-state index in [1.54, 1.807) is 7.11 Å². The summed E-state index contributed by atoms with van der Waals surface area (Å²) in [5.74, 6) is 2.11. The summed E-state index contributed by atoms with van der Waals surface area (Å²) in [5, 5.41) is 11.8. The van der Waals surface area contributed by atoms with Crippen LogP contribution in [0.5, 0.6) is 5.75 Å². The molecule has 0 amide bonds. The lowest BCUT2D eigenvalue weighted by Gasteiger charge is -2.12. The van der Waals surface area contributed by atoms with Crippen LogP contribution in [0.3, 0.4) is 0 Å². The van der Waals surface area contributed by atoms with Gasteiger partial charge >= 0.3 is 0 Å². The average molecular weight is 275 g/mol. The number of hydrogen-bond donors (Lipinski definition) is 2. The highest BCUT2D eigenvalue weighted by molar-refractivity contribution is 6.05. The Kier molecular flexibility index (Phi) is 2.96. The predicted octanol–water partition coefficient (Wildman–Crippen LogP) is 2.80. The number of furan rings is 2. The Morgan fingerprint density at radius 2 is 1.75 bits per heavy atom. The van der Waals surface area contributed by atoms with Crippen LogP contribution in [-0.2, 0) is 0 Å². The first-order valence-electron chi connectivity index (χ1n) is 6.45. The number of aliphatic hydroxyl groups excluding tert-OH is 1. The van der Waals surface area contributed by atoms with Gasteiger partial charge in [-0.15, -0.1) is 0 Å². The van der Waals surface area contributed by atoms with E-state index < -0.39 is 6.10 Å². The van der Waals surface area contributed by atoms with Gasteiger partial charge in [-0.3, -0.25) is 0 Å². The SMILES string of the molecule is COc1c2cc(C)oc2c(C(O)CN)c2cc(C)oc12. The first-order chi connectivity index (χ1) is 9.56. The first kappa shape index (κ1) is 13.0. The molecule has 3 aromatic rings. The molecule has 0 spiro atoms. The fourth-order valence-electron chi connectivity index (χ4n) is 2.66. The molecule has 5 nitrogen and oxygen atoms in total. The fourth-order valence-corrected chi connectivity index (χ4v) is 2.66. The first-order valence-corrected chi connectivity index (χ1v) is 6.45. The number of hydrogen-bond acceptors (Lipinski definition) is 5. The van der Waals surface area contributed by atoms with Gasteiger partial charge in [0.2, 0.25) is 0 Å². The van der Waals surface area contributed by atoms with Crippen molar-refractivity contribution in [3.8, 4) is 5.75 Å². The summed E-state index contributed by atoms with van der Waals surface area (Å²) in [6.45, 7) is 3.82. The van der Waals surface area contributed by atoms with Crippen molar-refractivity contribution in [2.24, 2.45) is 5.73 Å². The summed E-state index contributed by atoms with van der Waals surface area (Å²) in [5.41, 5.74) is 7.49. The number of ether oxygens (including phenoxy) is 1. The van der Waals surface area contributed by atoms with Gasteiger partial charge in [0, 0.05) is 17.5 Å². The number of rotatable bonds is 3. The number of benzene rings is 1. The second kappa shape index (κ2) is 4.54. The van der Waals surface area contributed by atoms with Crippen molar-refractivity contribution in [3.63, 3.8) is 0 Å². The average Bonchev–Trinajstić information content (AvgIpc) is 2.96. The van der Waals surface area contributed by atoms with E-state index in [0.29, 0.717) is 22.5 Å². The molecule has 2 aromatic heterocycles. The highest BCUT2D eigenvalue weighted by atomic mass is 16.5. The number of fused-ring (bicyclic) bond motifs is 2. The molecule has 0 radical (unpaired) electrons. The van der Waals surface area contributed by atoms with Gasteiger partial charge < -0.3 is 24.4 Å². The lowest BCUT2D eigenvalue weighted by Crippen LogP contribution is -2.12. The summed E-state index contributed by atoms with van der Waals surface area (Å²) < 4.78 is 16.9. The van der Waals surface area contributed by atoms with Gasteiger partial charge in [0.1, 0.15) is 17.1 Å². The Balaban J connectivity index is 2.54. The van der Waals surface area contributed by atoms with Crippen LogP contribution in [0.4, 0.5) is 0 Å². The molecular formula is C15H17NO4. The zero-order chi connectivity index (χ0) is 14.4. The lowest BCUT2D eigenvalue weighted by molar-refractivity contribution is 0.188. The van der Waals surface area contributed by atoms with Crippen molar-refractivity contribution in [1.29, 1.82) is 0 Å². The van der Waals surface area contributed by atoms with E-state index in [1.165, 1.54) is 0 Å². The maximum atomic E-state index is 10.2. The van der Waals surface area contributed by atoms with Crippen molar-refractivity contribution >= 4 is 21.9 Å². The summed E-state index contributed by atoms with van der Waals surface area (Å²) in [4.78, 5) is 0. The summed E-state index contributed by atoms with van der Waals surface area (Å²) in [6.07, 6.45) is -0.812. The number of aliphatic hydroxyl groups is 1. The second-order valence-corrected chi connectivity index (χ2v) is 4.90. The molecule has 0 saturated carbocycles. The minimum absolute atomic E-state index is 0.112. The molecule has 0 aliphatic carbocycles. The monoisotopic (exact) mass is 275 g/mol. The Morgan fingerprint density at radius 1 is 1.15 bits per heavy atom. The zero-order valence-electron chi connectivity index (χ0n) is 11.7. The third-order valence-electron chi connectivity index (χ3n) is 3.46. The summed E-state index contributed by atoms with van der Waals surface area (Å²) >= 11 is 0. The topological polar surface area (TPSA) is 81.8 Å². The normalized spacial score (nSPS) is 13.2. The van der Waals surface area contributed by atoms with Gasteiger partial charge in [-0.2, -0.15) is 0 Å². The molecule has 1 aromatic carbocycles. The molecule has 5 heteroatoms. The highest BCUT2D eigenvalue weighted by Gasteiger charge is 2.24. The van der Waals surface area contributed by atoms with E-state index in [2.05, 4.69) is 0 Å². The Labute approximate surface area is 115 Å². The van der Waals surface area contributed by atoms with E-state index in [0.717, 1.165) is 22.3 Å². The molecule has 0 saturated heterocycles. The Morgan fingerprint density at radius 3 is 2.35 bits per heavy atom. The summed E-state index contributed by atoms with van der Waals surface area (Å²) in [6, 6.07) is 3.74. The van der Waals surface area contributed by atoms with Crippen molar-refractivity contribution in [2.75, 3.05) is 13.7 Å². The molecule has 0 fully saturated rings. The molecule has 0 aliphatic rings.